The third kappa shape index (κ3) is 3.09. The number of carbonyl (C=O) groups is 1. The van der Waals surface area contributed by atoms with Crippen LogP contribution < -0.4 is 10.6 Å². The summed E-state index contributed by atoms with van der Waals surface area (Å²) in [5.74, 6) is -0.115. The van der Waals surface area contributed by atoms with Crippen molar-refractivity contribution in [1.29, 1.82) is 5.26 Å². The van der Waals surface area contributed by atoms with Gasteiger partial charge in [-0.05, 0) is 60.2 Å². The average molecular weight is 382 g/mol. The number of hydrogen-bond acceptors (Lipinski definition) is 6. The lowest BCUT2D eigenvalue weighted by molar-refractivity contribution is -0.116. The number of carbonyl (C=O) groups excluding carboxylic acids is 1. The van der Waals surface area contributed by atoms with Crippen LogP contribution in [0.3, 0.4) is 0 Å². The van der Waals surface area contributed by atoms with E-state index >= 15 is 0 Å². The molecule has 3 heterocycles. The third-order valence-electron chi connectivity index (χ3n) is 5.42. The summed E-state index contributed by atoms with van der Waals surface area (Å²) in [6.45, 7) is 0.554. The molecule has 29 heavy (non-hydrogen) atoms. The lowest BCUT2D eigenvalue weighted by atomic mass is 9.92. The van der Waals surface area contributed by atoms with Crippen molar-refractivity contribution >= 4 is 17.5 Å². The standard InChI is InChI=1S/C22H18N6O/c23-10-13-6-7-18-16(9-13)19(21(29)26-18)20-15-4-1-5-17(15)27-22(28-20)25-12-14-3-2-8-24-11-14/h2-3,6-9,11,19H,1,4-5,12H2,(H,26,29)(H,25,27,28). The summed E-state index contributed by atoms with van der Waals surface area (Å²) in [5.41, 5.74) is 5.92. The van der Waals surface area contributed by atoms with Crippen molar-refractivity contribution in [2.24, 2.45) is 0 Å². The summed E-state index contributed by atoms with van der Waals surface area (Å²) in [6, 6.07) is 11.3. The minimum Gasteiger partial charge on any atom is -0.350 e. The van der Waals surface area contributed by atoms with Crippen molar-refractivity contribution in [1.82, 2.24) is 15.0 Å². The zero-order valence-corrected chi connectivity index (χ0v) is 15.6. The summed E-state index contributed by atoms with van der Waals surface area (Å²) in [4.78, 5) is 26.4. The van der Waals surface area contributed by atoms with Gasteiger partial charge in [0.05, 0.1) is 17.3 Å². The average Bonchev–Trinajstić information content (AvgIpc) is 3.35. The lowest BCUT2D eigenvalue weighted by Gasteiger charge is -2.15. The van der Waals surface area contributed by atoms with Crippen LogP contribution in [0.2, 0.25) is 0 Å². The number of pyridine rings is 1. The first-order chi connectivity index (χ1) is 14.2. The molecule has 7 nitrogen and oxygen atoms in total. The Bertz CT molecular complexity index is 1150. The van der Waals surface area contributed by atoms with Crippen LogP contribution in [-0.2, 0) is 24.2 Å². The van der Waals surface area contributed by atoms with Gasteiger partial charge < -0.3 is 10.6 Å². The highest BCUT2D eigenvalue weighted by Crippen LogP contribution is 2.40. The molecule has 2 aromatic heterocycles. The molecular weight excluding hydrogens is 364 g/mol. The van der Waals surface area contributed by atoms with E-state index in [0.29, 0.717) is 18.1 Å². The van der Waals surface area contributed by atoms with Gasteiger partial charge in [-0.25, -0.2) is 9.97 Å². The number of aryl methyl sites for hydroxylation is 1. The Kier molecular flexibility index (Phi) is 4.17. The Balaban J connectivity index is 1.55. The SMILES string of the molecule is N#Cc1ccc2c(c1)C(c1nc(NCc3cccnc3)nc3c1CCC3)C(=O)N2. The molecule has 0 radical (unpaired) electrons. The number of fused-ring (bicyclic) bond motifs is 2. The molecule has 1 aliphatic carbocycles. The van der Waals surface area contributed by atoms with E-state index in [2.05, 4.69) is 26.7 Å². The van der Waals surface area contributed by atoms with E-state index in [1.54, 1.807) is 30.6 Å². The highest BCUT2D eigenvalue weighted by molar-refractivity contribution is 6.05. The second-order valence-corrected chi connectivity index (χ2v) is 7.26. The van der Waals surface area contributed by atoms with Crippen molar-refractivity contribution in [3.63, 3.8) is 0 Å². The number of amides is 1. The first-order valence-electron chi connectivity index (χ1n) is 9.60. The molecule has 142 valence electrons. The van der Waals surface area contributed by atoms with Gasteiger partial charge in [-0.3, -0.25) is 9.78 Å². The quantitative estimate of drug-likeness (QED) is 0.719. The van der Waals surface area contributed by atoms with Crippen LogP contribution in [0.25, 0.3) is 0 Å². The smallest absolute Gasteiger partial charge is 0.238 e. The number of aromatic nitrogens is 3. The van der Waals surface area contributed by atoms with Crippen LogP contribution in [-0.4, -0.2) is 20.9 Å². The molecule has 1 amide bonds. The molecule has 0 fully saturated rings. The highest BCUT2D eigenvalue weighted by Gasteiger charge is 2.36. The summed E-state index contributed by atoms with van der Waals surface area (Å²) in [6.07, 6.45) is 6.28. The predicted octanol–water partition coefficient (Wildman–Crippen LogP) is 2.93. The zero-order chi connectivity index (χ0) is 19.8. The maximum atomic E-state index is 12.8. The molecule has 0 saturated heterocycles. The van der Waals surface area contributed by atoms with Crippen LogP contribution in [0.5, 0.6) is 0 Å². The zero-order valence-electron chi connectivity index (χ0n) is 15.6. The molecule has 1 aromatic carbocycles. The largest absolute Gasteiger partial charge is 0.350 e. The van der Waals surface area contributed by atoms with E-state index in [1.807, 2.05) is 12.1 Å². The minimum absolute atomic E-state index is 0.110. The van der Waals surface area contributed by atoms with Crippen LogP contribution in [0.15, 0.2) is 42.7 Å². The number of anilines is 2. The first-order valence-corrected chi connectivity index (χ1v) is 9.60. The Morgan fingerprint density at radius 1 is 1.24 bits per heavy atom. The van der Waals surface area contributed by atoms with Gasteiger partial charge >= 0.3 is 0 Å². The summed E-state index contributed by atoms with van der Waals surface area (Å²) in [5, 5.41) is 15.5. The lowest BCUT2D eigenvalue weighted by Crippen LogP contribution is -2.18. The Labute approximate surface area is 167 Å². The normalized spacial score (nSPS) is 16.7. The van der Waals surface area contributed by atoms with E-state index in [4.69, 9.17) is 4.98 Å². The molecule has 3 aromatic rings. The molecule has 1 aliphatic heterocycles. The number of nitrogens with one attached hydrogen (secondary N) is 2. The second-order valence-electron chi connectivity index (χ2n) is 7.26. The molecule has 1 unspecified atom stereocenters. The van der Waals surface area contributed by atoms with E-state index < -0.39 is 5.92 Å². The first kappa shape index (κ1) is 17.3. The number of nitrogens with zero attached hydrogens (tertiary/aromatic N) is 4. The van der Waals surface area contributed by atoms with E-state index in [0.717, 1.165) is 53.0 Å². The van der Waals surface area contributed by atoms with Crippen molar-refractivity contribution in [2.45, 2.75) is 31.7 Å². The van der Waals surface area contributed by atoms with Crippen molar-refractivity contribution < 1.29 is 4.79 Å². The van der Waals surface area contributed by atoms with Gasteiger partial charge in [0.1, 0.15) is 5.92 Å². The third-order valence-corrected chi connectivity index (χ3v) is 5.42. The van der Waals surface area contributed by atoms with Gasteiger partial charge in [0.15, 0.2) is 0 Å². The highest BCUT2D eigenvalue weighted by atomic mass is 16.2. The van der Waals surface area contributed by atoms with Gasteiger partial charge in [0.2, 0.25) is 11.9 Å². The van der Waals surface area contributed by atoms with Crippen LogP contribution in [0, 0.1) is 11.3 Å². The molecule has 5 rings (SSSR count). The monoisotopic (exact) mass is 382 g/mol. The Morgan fingerprint density at radius 2 is 2.17 bits per heavy atom. The maximum Gasteiger partial charge on any atom is 0.238 e. The van der Waals surface area contributed by atoms with Gasteiger partial charge in [-0.2, -0.15) is 5.26 Å². The fraction of sp³-hybridized carbons (Fsp3) is 0.227. The van der Waals surface area contributed by atoms with Gasteiger partial charge in [0, 0.05) is 30.3 Å². The summed E-state index contributed by atoms with van der Waals surface area (Å²) >= 11 is 0. The van der Waals surface area contributed by atoms with Crippen molar-refractivity contribution in [3.8, 4) is 6.07 Å². The summed E-state index contributed by atoms with van der Waals surface area (Å²) < 4.78 is 0. The topological polar surface area (TPSA) is 104 Å². The van der Waals surface area contributed by atoms with Gasteiger partial charge in [-0.15, -0.1) is 0 Å². The number of nitriles is 1. The Hall–Kier alpha value is -3.79. The number of benzene rings is 1. The molecule has 7 heteroatoms. The molecule has 1 atom stereocenters. The number of rotatable bonds is 4. The molecule has 0 saturated carbocycles. The van der Waals surface area contributed by atoms with Crippen LogP contribution in [0.4, 0.5) is 11.6 Å². The Morgan fingerprint density at radius 3 is 3.00 bits per heavy atom. The summed E-state index contributed by atoms with van der Waals surface area (Å²) in [7, 11) is 0. The molecule has 0 bridgehead atoms. The van der Waals surface area contributed by atoms with Gasteiger partial charge in [-0.1, -0.05) is 6.07 Å². The molecular formula is C22H18N6O. The van der Waals surface area contributed by atoms with Crippen LogP contribution in [0.1, 0.15) is 46.0 Å². The minimum atomic E-state index is -0.521. The number of hydrogen-bond donors (Lipinski definition) is 2. The van der Waals surface area contributed by atoms with Gasteiger partial charge in [0.25, 0.3) is 0 Å². The maximum absolute atomic E-state index is 12.8. The van der Waals surface area contributed by atoms with E-state index in [1.165, 1.54) is 0 Å². The van der Waals surface area contributed by atoms with E-state index in [9.17, 15) is 10.1 Å². The van der Waals surface area contributed by atoms with E-state index in [-0.39, 0.29) is 5.91 Å². The molecule has 2 N–H and O–H groups in total. The van der Waals surface area contributed by atoms with Crippen molar-refractivity contribution in [2.75, 3.05) is 10.6 Å². The van der Waals surface area contributed by atoms with Crippen molar-refractivity contribution in [3.05, 3.63) is 76.4 Å². The molecule has 0 spiro atoms. The molecule has 2 aliphatic rings. The fourth-order valence-electron chi connectivity index (χ4n) is 4.07. The van der Waals surface area contributed by atoms with Crippen LogP contribution >= 0.6 is 0 Å². The second kappa shape index (κ2) is 6.99. The predicted molar refractivity (Wildman–Crippen MR) is 107 cm³/mol. The fourth-order valence-corrected chi connectivity index (χ4v) is 4.07.